The quantitative estimate of drug-likeness (QED) is 0.180. The van der Waals surface area contributed by atoms with E-state index >= 15 is 0 Å². The van der Waals surface area contributed by atoms with E-state index in [1.165, 1.54) is 12.1 Å². The number of hydrogen-bond acceptors (Lipinski definition) is 13. The van der Waals surface area contributed by atoms with Gasteiger partial charge in [-0.2, -0.15) is 0 Å². The SMILES string of the molecule is CCc1nc(CN2CCN(c3ccc4c(c3)C(=O)N(C(C)CCC(=O)NC=O)C4)CC2)cnc1OC1CC2CNc3nnc(-c4cccc(F)c4O)cc3N2C1. The van der Waals surface area contributed by atoms with Gasteiger partial charge in [-0.05, 0) is 55.7 Å². The number of anilines is 3. The Kier molecular flexibility index (Phi) is 10.4. The maximum atomic E-state index is 14.1. The van der Waals surface area contributed by atoms with Gasteiger partial charge in [0, 0.05) is 81.5 Å². The van der Waals surface area contributed by atoms with E-state index in [0.717, 1.165) is 60.9 Å². The minimum Gasteiger partial charge on any atom is -0.504 e. The van der Waals surface area contributed by atoms with Gasteiger partial charge in [0.15, 0.2) is 17.4 Å². The fraction of sp³-hybridized carbons (Fsp3) is 0.425. The van der Waals surface area contributed by atoms with Crippen LogP contribution in [0.1, 0.15) is 60.4 Å². The summed E-state index contributed by atoms with van der Waals surface area (Å²) in [6, 6.07) is 12.3. The highest BCUT2D eigenvalue weighted by Gasteiger charge is 2.39. The van der Waals surface area contributed by atoms with Gasteiger partial charge in [0.05, 0.1) is 35.9 Å². The second kappa shape index (κ2) is 15.7. The first-order valence-electron chi connectivity index (χ1n) is 19.2. The lowest BCUT2D eigenvalue weighted by Crippen LogP contribution is -2.46. The summed E-state index contributed by atoms with van der Waals surface area (Å²) < 4.78 is 20.6. The van der Waals surface area contributed by atoms with Gasteiger partial charge in [0.25, 0.3) is 5.91 Å². The summed E-state index contributed by atoms with van der Waals surface area (Å²) in [5.74, 6) is -0.351. The zero-order chi connectivity index (χ0) is 38.9. The Balaban J connectivity index is 0.857. The molecule has 2 fully saturated rings. The lowest BCUT2D eigenvalue weighted by atomic mass is 10.1. The minimum atomic E-state index is -0.709. The largest absolute Gasteiger partial charge is 0.504 e. The normalized spacial score (nSPS) is 19.6. The maximum absolute atomic E-state index is 14.1. The Morgan fingerprint density at radius 1 is 1.14 bits per heavy atom. The second-order valence-corrected chi connectivity index (χ2v) is 14.8. The average molecular weight is 765 g/mol. The van der Waals surface area contributed by atoms with Gasteiger partial charge >= 0.3 is 0 Å². The number of ether oxygens (including phenoxy) is 1. The highest BCUT2D eigenvalue weighted by molar-refractivity contribution is 5.99. The molecule has 292 valence electrons. The number of amides is 3. The average Bonchev–Trinajstić information content (AvgIpc) is 3.79. The van der Waals surface area contributed by atoms with Crippen LogP contribution in [0.5, 0.6) is 11.6 Å². The monoisotopic (exact) mass is 764 g/mol. The van der Waals surface area contributed by atoms with Crippen molar-refractivity contribution in [1.82, 2.24) is 35.3 Å². The minimum absolute atomic E-state index is 0.0272. The third-order valence-electron chi connectivity index (χ3n) is 11.3. The Morgan fingerprint density at radius 2 is 1.98 bits per heavy atom. The second-order valence-electron chi connectivity index (χ2n) is 14.8. The molecule has 8 rings (SSSR count). The molecule has 4 aliphatic heterocycles. The highest BCUT2D eigenvalue weighted by atomic mass is 19.1. The summed E-state index contributed by atoms with van der Waals surface area (Å²) >= 11 is 0. The number of hydrogen-bond donors (Lipinski definition) is 3. The van der Waals surface area contributed by atoms with E-state index in [4.69, 9.17) is 14.7 Å². The first-order valence-corrected chi connectivity index (χ1v) is 19.2. The van der Waals surface area contributed by atoms with Gasteiger partial charge in [-0.3, -0.25) is 24.6 Å². The van der Waals surface area contributed by atoms with E-state index in [0.29, 0.717) is 68.4 Å². The van der Waals surface area contributed by atoms with Gasteiger partial charge in [0.2, 0.25) is 18.2 Å². The number of imide groups is 1. The zero-order valence-corrected chi connectivity index (χ0v) is 31.4. The molecular formula is C40H45FN10O5. The summed E-state index contributed by atoms with van der Waals surface area (Å²) in [5.41, 5.74) is 5.92. The zero-order valence-electron chi connectivity index (χ0n) is 31.4. The number of halogens is 1. The van der Waals surface area contributed by atoms with Crippen LogP contribution in [-0.4, -0.2) is 111 Å². The fourth-order valence-corrected chi connectivity index (χ4v) is 8.15. The molecular weight excluding hydrogens is 720 g/mol. The van der Waals surface area contributed by atoms with E-state index < -0.39 is 11.6 Å². The Morgan fingerprint density at radius 3 is 2.79 bits per heavy atom. The molecule has 56 heavy (non-hydrogen) atoms. The van der Waals surface area contributed by atoms with Crippen LogP contribution in [0.15, 0.2) is 48.7 Å². The van der Waals surface area contributed by atoms with Gasteiger partial charge in [-0.15, -0.1) is 10.2 Å². The van der Waals surface area contributed by atoms with Crippen LogP contribution >= 0.6 is 0 Å². The van der Waals surface area contributed by atoms with Crippen LogP contribution < -0.4 is 25.2 Å². The molecule has 4 aliphatic rings. The number of aromatic hydroxyl groups is 1. The maximum Gasteiger partial charge on any atom is 0.254 e. The van der Waals surface area contributed by atoms with Crippen molar-refractivity contribution in [2.75, 3.05) is 54.4 Å². The molecule has 0 saturated carbocycles. The molecule has 4 aromatic rings. The Bertz CT molecular complexity index is 2150. The number of nitrogens with zero attached hydrogens (tertiary/aromatic N) is 8. The Labute approximate surface area is 323 Å². The molecule has 0 bridgehead atoms. The number of para-hydroxylation sites is 1. The number of benzene rings is 2. The van der Waals surface area contributed by atoms with Crippen LogP contribution in [0.4, 0.5) is 21.6 Å². The highest BCUT2D eigenvalue weighted by Crippen LogP contribution is 2.39. The molecule has 2 aromatic carbocycles. The van der Waals surface area contributed by atoms with E-state index in [9.17, 15) is 23.9 Å². The molecule has 3 amide bonds. The molecule has 2 aromatic heterocycles. The first-order chi connectivity index (χ1) is 27.2. The summed E-state index contributed by atoms with van der Waals surface area (Å²) in [4.78, 5) is 54.0. The molecule has 3 atom stereocenters. The van der Waals surface area contributed by atoms with Crippen LogP contribution in [-0.2, 0) is 29.1 Å². The fourth-order valence-electron chi connectivity index (χ4n) is 8.15. The molecule has 0 radical (unpaired) electrons. The van der Waals surface area contributed by atoms with Crippen LogP contribution in [0, 0.1) is 5.82 Å². The molecule has 0 spiro atoms. The number of fused-ring (bicyclic) bond motifs is 4. The van der Waals surface area contributed by atoms with Gasteiger partial charge in [-0.1, -0.05) is 19.1 Å². The number of aromatic nitrogens is 4. The lowest BCUT2D eigenvalue weighted by molar-refractivity contribution is -0.125. The summed E-state index contributed by atoms with van der Waals surface area (Å²) in [7, 11) is 0. The Hall–Kier alpha value is -5.90. The van der Waals surface area contributed by atoms with Crippen molar-refractivity contribution in [2.45, 2.75) is 70.8 Å². The number of carbonyl (C=O) groups excluding carboxylic acids is 3. The van der Waals surface area contributed by atoms with Crippen LogP contribution in [0.3, 0.4) is 0 Å². The molecule has 3 unspecified atom stereocenters. The van der Waals surface area contributed by atoms with Crippen molar-refractivity contribution in [1.29, 1.82) is 0 Å². The van der Waals surface area contributed by atoms with Crippen molar-refractivity contribution in [3.8, 4) is 22.9 Å². The molecule has 16 heteroatoms. The van der Waals surface area contributed by atoms with Crippen molar-refractivity contribution >= 4 is 35.4 Å². The molecule has 2 saturated heterocycles. The number of carbonyl (C=O) groups is 3. The van der Waals surface area contributed by atoms with Crippen LogP contribution in [0.2, 0.25) is 0 Å². The standard InChI is InChI=1S/C40H45FN10O5/c1-3-33-39(56-29-15-28-19-42-38-35(51(28)22-29)17-34(46-47-38)30-5-4-6-32(41)37(30)54)43-18-26(45-33)21-48-11-13-49(14-12-48)27-9-8-25-20-50(40(55)31(25)16-27)24(2)7-10-36(53)44-23-52/h4-6,8-9,16-18,23-24,28-29,54H,3,7,10-15,19-22H2,1-2H3,(H,42,47)(H,44,52,53). The molecule has 15 nitrogen and oxygen atoms in total. The predicted molar refractivity (Wildman–Crippen MR) is 206 cm³/mol. The van der Waals surface area contributed by atoms with E-state index in [-0.39, 0.29) is 42.0 Å². The van der Waals surface area contributed by atoms with Crippen molar-refractivity contribution in [2.24, 2.45) is 0 Å². The number of phenols is 1. The summed E-state index contributed by atoms with van der Waals surface area (Å²) in [5, 5.41) is 24.4. The first kappa shape index (κ1) is 37.0. The van der Waals surface area contributed by atoms with Crippen molar-refractivity contribution in [3.63, 3.8) is 0 Å². The van der Waals surface area contributed by atoms with E-state index in [2.05, 4.69) is 48.5 Å². The lowest BCUT2D eigenvalue weighted by Gasteiger charge is -2.36. The van der Waals surface area contributed by atoms with Crippen molar-refractivity contribution in [3.05, 3.63) is 77.0 Å². The van der Waals surface area contributed by atoms with E-state index in [1.54, 1.807) is 17.2 Å². The number of nitrogens with one attached hydrogen (secondary N) is 2. The third kappa shape index (κ3) is 7.40. The molecule has 3 N–H and O–H groups in total. The summed E-state index contributed by atoms with van der Waals surface area (Å²) in [6.45, 7) is 9.73. The van der Waals surface area contributed by atoms with Gasteiger partial charge < -0.3 is 29.9 Å². The predicted octanol–water partition coefficient (Wildman–Crippen LogP) is 3.51. The topological polar surface area (TPSA) is 169 Å². The van der Waals surface area contributed by atoms with Crippen molar-refractivity contribution < 1.29 is 28.6 Å². The number of rotatable bonds is 12. The van der Waals surface area contributed by atoms with Crippen LogP contribution in [0.25, 0.3) is 11.3 Å². The number of phenolic OH excluding ortho intramolecular Hbond substituents is 1. The smallest absolute Gasteiger partial charge is 0.254 e. The van der Waals surface area contributed by atoms with E-state index in [1.807, 2.05) is 25.1 Å². The number of piperazine rings is 1. The molecule has 6 heterocycles. The molecule has 0 aliphatic carbocycles. The van der Waals surface area contributed by atoms with Gasteiger partial charge in [-0.25, -0.2) is 14.4 Å². The third-order valence-corrected chi connectivity index (χ3v) is 11.3. The number of aryl methyl sites for hydroxylation is 1. The van der Waals surface area contributed by atoms with Gasteiger partial charge in [0.1, 0.15) is 11.8 Å². The summed E-state index contributed by atoms with van der Waals surface area (Å²) in [6.07, 6.45) is 4.16.